The van der Waals surface area contributed by atoms with Crippen molar-refractivity contribution in [1.82, 2.24) is 0 Å². The molecule has 0 saturated heterocycles. The highest BCUT2D eigenvalue weighted by Crippen LogP contribution is 2.20. The average molecular weight is 522 g/mol. The fourth-order valence-corrected chi connectivity index (χ4v) is 4.18. The highest BCUT2D eigenvalue weighted by molar-refractivity contribution is 6.71. The topological polar surface area (TPSA) is 247 Å². The maximum absolute atomic E-state index is 4.40. The summed E-state index contributed by atoms with van der Waals surface area (Å²) in [6.07, 6.45) is 2.78. The minimum Gasteiger partial charge on any atom is -0.213 e. The summed E-state index contributed by atoms with van der Waals surface area (Å²) in [5.74, 6) is 5.66. The Morgan fingerprint density at radius 1 is 0.200 bits per heavy atom. The van der Waals surface area contributed by atoms with Gasteiger partial charge in [-0.2, -0.15) is 0 Å². The van der Waals surface area contributed by atoms with E-state index >= 15 is 0 Å². The zero-order valence-corrected chi connectivity index (χ0v) is 19.1. The Bertz CT molecular complexity index is 2010. The van der Waals surface area contributed by atoms with E-state index in [0.29, 0.717) is 58.4 Å². The number of hydrogen-bond donors (Lipinski definition) is 0. The normalized spacial score (nSPS) is 25.0. The van der Waals surface area contributed by atoms with E-state index in [0.717, 1.165) is 0 Å². The van der Waals surface area contributed by atoms with E-state index < -0.39 is 0 Å². The number of aliphatic imine (C=N–C) groups is 20. The number of fused-ring (bicyclic) bond motifs is 5. The largest absolute Gasteiger partial charge is 0.213 e. The molecular weight excluding hydrogens is 520 g/mol. The third-order valence-corrected chi connectivity index (χ3v) is 5.91. The summed E-state index contributed by atoms with van der Waals surface area (Å²) in [5.41, 5.74) is 0. The number of nitrogens with zero attached hydrogens (tertiary/aromatic N) is 20. The van der Waals surface area contributed by atoms with E-state index in [1.54, 1.807) is 0 Å². The molecule has 0 amide bonds. The van der Waals surface area contributed by atoms with Gasteiger partial charge in [-0.1, -0.05) is 0 Å². The van der Waals surface area contributed by atoms with Gasteiger partial charge in [0, 0.05) is 0 Å². The Morgan fingerprint density at radius 2 is 0.375 bits per heavy atom. The molecule has 0 bridgehead atoms. The second kappa shape index (κ2) is 6.63. The summed E-state index contributed by atoms with van der Waals surface area (Å²) >= 11 is 0. The third-order valence-electron chi connectivity index (χ3n) is 5.91. The minimum absolute atomic E-state index is 0.238. The van der Waals surface area contributed by atoms with E-state index in [9.17, 15) is 0 Å². The zero-order valence-electron chi connectivity index (χ0n) is 19.1. The molecule has 0 saturated carbocycles. The highest BCUT2D eigenvalue weighted by atomic mass is 15.3. The second-order valence-corrected chi connectivity index (χ2v) is 8.36. The van der Waals surface area contributed by atoms with Gasteiger partial charge in [0.05, 0.1) is 0 Å². The number of rotatable bonds is 4. The molecular formula is C20H2N20. The van der Waals surface area contributed by atoms with Gasteiger partial charge in [0.25, 0.3) is 0 Å². The summed E-state index contributed by atoms with van der Waals surface area (Å²) in [5, 5.41) is 0. The van der Waals surface area contributed by atoms with Gasteiger partial charge >= 0.3 is 0 Å². The predicted molar refractivity (Wildman–Crippen MR) is 151 cm³/mol. The smallest absolute Gasteiger partial charge is 0.202 e. The van der Waals surface area contributed by atoms with Crippen LogP contribution in [0.4, 0.5) is 0 Å². The number of hydrogen-bond acceptors (Lipinski definition) is 20. The molecule has 0 aliphatic carbocycles. The molecule has 0 aromatic rings. The molecule has 0 unspecified atom stereocenters. The van der Waals surface area contributed by atoms with Crippen LogP contribution >= 0.6 is 0 Å². The van der Waals surface area contributed by atoms with Crippen molar-refractivity contribution in [1.29, 1.82) is 0 Å². The lowest BCUT2D eigenvalue weighted by atomic mass is 10.5. The maximum Gasteiger partial charge on any atom is 0.202 e. The van der Waals surface area contributed by atoms with Crippen molar-refractivity contribution in [3.8, 4) is 0 Å². The Hall–Kier alpha value is -6.60. The van der Waals surface area contributed by atoms with Crippen molar-refractivity contribution in [3.63, 3.8) is 0 Å². The number of amidine groups is 18. The Labute approximate surface area is 218 Å². The van der Waals surface area contributed by atoms with Crippen LogP contribution in [0.3, 0.4) is 0 Å². The van der Waals surface area contributed by atoms with Gasteiger partial charge in [-0.15, -0.1) is 0 Å². The van der Waals surface area contributed by atoms with E-state index in [1.807, 2.05) is 0 Å². The first-order valence-electron chi connectivity index (χ1n) is 11.3. The Morgan fingerprint density at radius 3 is 0.575 bits per heavy atom. The Kier molecular flexibility index (Phi) is 3.23. The fourth-order valence-electron chi connectivity index (χ4n) is 4.18. The van der Waals surface area contributed by atoms with Crippen LogP contribution < -0.4 is 0 Å². The fraction of sp³-hybridized carbons (Fsp3) is 0. The molecule has 10 aliphatic rings. The first kappa shape index (κ1) is 19.5. The third kappa shape index (κ3) is 2.61. The van der Waals surface area contributed by atoms with Crippen LogP contribution in [0.15, 0.2) is 99.8 Å². The lowest BCUT2D eigenvalue weighted by molar-refractivity contribution is 1.53. The standard InChI is InChI=1S/C20H2N20/c1-21-3-4(22-1)26-7(25-3)9-29-11-12(30-9)34-15(33-11)17-37-19-20(38-17)40-18(39-19)16-35-13-14(36-16)32-10(31-13)8-27-5-6(28-8)24-2-23-5/h1-2H. The van der Waals surface area contributed by atoms with Gasteiger partial charge in [0.15, 0.2) is 0 Å². The summed E-state index contributed by atoms with van der Waals surface area (Å²) in [6, 6.07) is 0. The summed E-state index contributed by atoms with van der Waals surface area (Å²) in [7, 11) is 0. The molecule has 0 spiro atoms. The van der Waals surface area contributed by atoms with Gasteiger partial charge in [0.1, 0.15) is 12.7 Å². The quantitative estimate of drug-likeness (QED) is 0.403. The molecule has 20 heteroatoms. The molecule has 0 radical (unpaired) electrons. The molecule has 10 rings (SSSR count). The molecule has 20 nitrogen and oxygen atoms in total. The monoisotopic (exact) mass is 522 g/mol. The summed E-state index contributed by atoms with van der Waals surface area (Å²) in [6.45, 7) is 0. The van der Waals surface area contributed by atoms with Crippen LogP contribution in [0.25, 0.3) is 0 Å². The van der Waals surface area contributed by atoms with E-state index in [1.165, 1.54) is 12.7 Å². The van der Waals surface area contributed by atoms with E-state index in [2.05, 4.69) is 99.8 Å². The zero-order chi connectivity index (χ0) is 25.9. The van der Waals surface area contributed by atoms with Crippen LogP contribution in [0, 0.1) is 0 Å². The highest BCUT2D eigenvalue weighted by Gasteiger charge is 2.36. The maximum atomic E-state index is 4.40. The van der Waals surface area contributed by atoms with Crippen LogP contribution in [0.2, 0.25) is 0 Å². The minimum atomic E-state index is 0.238. The lowest BCUT2D eigenvalue weighted by Crippen LogP contribution is -2.10. The van der Waals surface area contributed by atoms with Gasteiger partial charge in [-0.05, 0) is 0 Å². The van der Waals surface area contributed by atoms with Crippen LogP contribution in [0.1, 0.15) is 0 Å². The summed E-state index contributed by atoms with van der Waals surface area (Å²) in [4.78, 5) is 85.6. The molecule has 40 heavy (non-hydrogen) atoms. The van der Waals surface area contributed by atoms with Crippen molar-refractivity contribution in [2.45, 2.75) is 0 Å². The van der Waals surface area contributed by atoms with E-state index in [-0.39, 0.29) is 46.7 Å². The summed E-state index contributed by atoms with van der Waals surface area (Å²) < 4.78 is 0. The molecule has 10 aliphatic heterocycles. The Balaban J connectivity index is 0.861. The van der Waals surface area contributed by atoms with Gasteiger partial charge in [-0.3, -0.25) is 0 Å². The van der Waals surface area contributed by atoms with Crippen molar-refractivity contribution in [2.24, 2.45) is 99.8 Å². The molecule has 0 aromatic heterocycles. The first-order valence-corrected chi connectivity index (χ1v) is 11.3. The van der Waals surface area contributed by atoms with Gasteiger partial charge < -0.3 is 0 Å². The van der Waals surface area contributed by atoms with Crippen molar-refractivity contribution < 1.29 is 0 Å². The molecule has 0 atom stereocenters. The lowest BCUT2D eigenvalue weighted by Gasteiger charge is -1.93. The predicted octanol–water partition coefficient (Wildman–Crippen LogP) is -1.65. The molecule has 0 fully saturated rings. The van der Waals surface area contributed by atoms with Gasteiger partial charge in [-0.25, -0.2) is 99.8 Å². The van der Waals surface area contributed by atoms with Gasteiger partial charge in [0.2, 0.25) is 105 Å². The van der Waals surface area contributed by atoms with Crippen molar-refractivity contribution in [2.75, 3.05) is 0 Å². The molecule has 0 N–H and O–H groups in total. The van der Waals surface area contributed by atoms with Crippen LogP contribution in [0.5, 0.6) is 0 Å². The molecule has 10 heterocycles. The second-order valence-electron chi connectivity index (χ2n) is 8.36. The molecule has 0 aromatic carbocycles. The average Bonchev–Trinajstić information content (AvgIpc) is 3.74. The van der Waals surface area contributed by atoms with Crippen LogP contribution in [-0.2, 0) is 0 Å². The SMILES string of the molecule is C1=NC2=NC(C3=NC4=NC(C5=NC6=NC(C7=NC8=NC(C9=NC%10=NC=NC%10=N9)=NC8=N7)=NC6=N5)=NC4=N3)=NC2=N1. The molecule has 182 valence electrons. The van der Waals surface area contributed by atoms with Crippen molar-refractivity contribution in [3.05, 3.63) is 0 Å². The van der Waals surface area contributed by atoms with Crippen molar-refractivity contribution >= 4 is 118 Å². The first-order chi connectivity index (χ1) is 19.7. The van der Waals surface area contributed by atoms with Crippen LogP contribution in [-0.4, -0.2) is 118 Å². The van der Waals surface area contributed by atoms with E-state index in [4.69, 9.17) is 0 Å².